The number of piperidine rings is 1. The molecule has 200 valence electrons. The van der Waals surface area contributed by atoms with E-state index in [-0.39, 0.29) is 5.91 Å². The predicted octanol–water partition coefficient (Wildman–Crippen LogP) is 5.86. The summed E-state index contributed by atoms with van der Waals surface area (Å²) in [7, 11) is 0. The van der Waals surface area contributed by atoms with E-state index in [0.717, 1.165) is 39.1 Å². The first-order valence-corrected chi connectivity index (χ1v) is 13.3. The summed E-state index contributed by atoms with van der Waals surface area (Å²) >= 11 is 0. The van der Waals surface area contributed by atoms with E-state index in [0.29, 0.717) is 37.4 Å². The van der Waals surface area contributed by atoms with Crippen molar-refractivity contribution in [3.05, 3.63) is 101 Å². The number of nitrogens with two attached hydrogens (primary N) is 1. The molecule has 0 unspecified atom stereocenters. The maximum atomic E-state index is 13.9. The minimum Gasteiger partial charge on any atom is -0.324 e. The molecule has 0 aliphatic carbocycles. The molecule has 1 fully saturated rings. The number of likely N-dealkylation sites (tertiary alicyclic amines) is 1. The van der Waals surface area contributed by atoms with Crippen LogP contribution in [0.15, 0.2) is 73.1 Å². The second-order valence-corrected chi connectivity index (χ2v) is 10.5. The average Bonchev–Trinajstić information content (AvgIpc) is 2.92. The van der Waals surface area contributed by atoms with Crippen LogP contribution in [0, 0.1) is 20.8 Å². The number of carbonyl (C=O) groups excluding carboxylic acids is 1. The van der Waals surface area contributed by atoms with Crippen LogP contribution >= 0.6 is 0 Å². The summed E-state index contributed by atoms with van der Waals surface area (Å²) in [6.07, 6.45) is 3.03. The Hall–Kier alpha value is -3.94. The zero-order chi connectivity index (χ0) is 27.5. The third kappa shape index (κ3) is 6.38. The van der Waals surface area contributed by atoms with Crippen LogP contribution in [0.5, 0.6) is 0 Å². The van der Waals surface area contributed by atoms with Crippen molar-refractivity contribution < 1.29 is 9.18 Å². The first-order chi connectivity index (χ1) is 18.7. The molecule has 3 heterocycles. The fourth-order valence-electron chi connectivity index (χ4n) is 4.97. The summed E-state index contributed by atoms with van der Waals surface area (Å²) in [5.41, 5.74) is 15.0. The lowest BCUT2D eigenvalue weighted by atomic mass is 10.00. The number of hydrogen-bond donors (Lipinski definition) is 2. The molecular formula is C32H34FN5O. The Labute approximate surface area is 229 Å². The van der Waals surface area contributed by atoms with Crippen molar-refractivity contribution in [1.82, 2.24) is 14.9 Å². The molecule has 2 atom stereocenters. The summed E-state index contributed by atoms with van der Waals surface area (Å²) in [4.78, 5) is 24.4. The molecule has 0 saturated carbocycles. The molecule has 1 saturated heterocycles. The molecule has 1 aliphatic heterocycles. The van der Waals surface area contributed by atoms with Crippen molar-refractivity contribution in [2.24, 2.45) is 5.73 Å². The number of halogens is 1. The van der Waals surface area contributed by atoms with Crippen LogP contribution in [0.2, 0.25) is 0 Å². The van der Waals surface area contributed by atoms with Gasteiger partial charge in [0.1, 0.15) is 11.9 Å². The lowest BCUT2D eigenvalue weighted by Crippen LogP contribution is -2.49. The number of anilines is 1. The van der Waals surface area contributed by atoms with Crippen LogP contribution in [0.4, 0.5) is 10.1 Å². The van der Waals surface area contributed by atoms with Gasteiger partial charge in [-0.25, -0.2) is 4.39 Å². The van der Waals surface area contributed by atoms with Crippen LogP contribution in [0.25, 0.3) is 22.3 Å². The standard InChI is InChI=1S/C32H34FN5O/c1-20-4-7-24(8-5-20)28-15-31(36-16-21(28)2)32(39)37-27-13-23(18-38-11-10-29(33)30(34)19-38)12-26(14-27)25-9-6-22(3)35-17-25/h4-9,12-17,29-30H,10-11,18-19,34H2,1-3H3,(H,37,39)/t29-,30-/m1/s1. The van der Waals surface area contributed by atoms with Crippen LogP contribution in [0.1, 0.15) is 39.3 Å². The average molecular weight is 524 g/mol. The maximum absolute atomic E-state index is 13.9. The topological polar surface area (TPSA) is 84.1 Å². The van der Waals surface area contributed by atoms with Crippen molar-refractivity contribution in [2.75, 3.05) is 18.4 Å². The van der Waals surface area contributed by atoms with Gasteiger partial charge in [0.15, 0.2) is 0 Å². The van der Waals surface area contributed by atoms with Crippen LogP contribution in [0.3, 0.4) is 0 Å². The summed E-state index contributed by atoms with van der Waals surface area (Å²) in [5, 5.41) is 3.06. The quantitative estimate of drug-likeness (QED) is 0.331. The number of pyridine rings is 2. The lowest BCUT2D eigenvalue weighted by Gasteiger charge is -2.33. The van der Waals surface area contributed by atoms with E-state index in [1.54, 1.807) is 6.20 Å². The van der Waals surface area contributed by atoms with Crippen molar-refractivity contribution in [3.63, 3.8) is 0 Å². The highest BCUT2D eigenvalue weighted by Crippen LogP contribution is 2.28. The number of nitrogens with zero attached hydrogens (tertiary/aromatic N) is 3. The Bertz CT molecular complexity index is 1470. The molecule has 1 amide bonds. The number of rotatable bonds is 6. The number of nitrogens with one attached hydrogen (secondary N) is 1. The number of benzene rings is 2. The van der Waals surface area contributed by atoms with Crippen LogP contribution in [-0.2, 0) is 6.54 Å². The first-order valence-electron chi connectivity index (χ1n) is 13.3. The fraction of sp³-hybridized carbons (Fsp3) is 0.281. The third-order valence-corrected chi connectivity index (χ3v) is 7.25. The van der Waals surface area contributed by atoms with E-state index in [1.807, 2.05) is 50.4 Å². The zero-order valence-corrected chi connectivity index (χ0v) is 22.6. The molecule has 39 heavy (non-hydrogen) atoms. The summed E-state index contributed by atoms with van der Waals surface area (Å²) in [6, 6.07) is 19.6. The molecule has 4 aromatic rings. The van der Waals surface area contributed by atoms with Gasteiger partial charge in [-0.15, -0.1) is 0 Å². The minimum absolute atomic E-state index is 0.284. The number of aryl methyl sites for hydroxylation is 3. The molecule has 0 bridgehead atoms. The number of hydrogen-bond acceptors (Lipinski definition) is 5. The molecule has 5 rings (SSSR count). The number of aromatic nitrogens is 2. The zero-order valence-electron chi connectivity index (χ0n) is 22.6. The van der Waals surface area contributed by atoms with Crippen LogP contribution < -0.4 is 11.1 Å². The maximum Gasteiger partial charge on any atom is 0.274 e. The Morgan fingerprint density at radius 1 is 0.974 bits per heavy atom. The Kier molecular flexibility index (Phi) is 7.82. The molecular weight excluding hydrogens is 489 g/mol. The summed E-state index contributed by atoms with van der Waals surface area (Å²) < 4.78 is 13.9. The molecule has 6 nitrogen and oxygen atoms in total. The number of carbonyl (C=O) groups is 1. The van der Waals surface area contributed by atoms with E-state index in [2.05, 4.69) is 57.4 Å². The van der Waals surface area contributed by atoms with Gasteiger partial charge in [-0.3, -0.25) is 19.7 Å². The van der Waals surface area contributed by atoms with Gasteiger partial charge >= 0.3 is 0 Å². The molecule has 2 aromatic heterocycles. The van der Waals surface area contributed by atoms with E-state index in [9.17, 15) is 9.18 Å². The molecule has 1 aliphatic rings. The van der Waals surface area contributed by atoms with E-state index >= 15 is 0 Å². The third-order valence-electron chi connectivity index (χ3n) is 7.25. The summed E-state index contributed by atoms with van der Waals surface area (Å²) in [5.74, 6) is -0.284. The smallest absolute Gasteiger partial charge is 0.274 e. The van der Waals surface area contributed by atoms with Gasteiger partial charge in [0, 0.05) is 55.0 Å². The van der Waals surface area contributed by atoms with Crippen molar-refractivity contribution >= 4 is 11.6 Å². The van der Waals surface area contributed by atoms with E-state index in [1.165, 1.54) is 5.56 Å². The molecule has 2 aromatic carbocycles. The van der Waals surface area contributed by atoms with Gasteiger partial charge in [-0.1, -0.05) is 35.9 Å². The molecule has 0 spiro atoms. The first kappa shape index (κ1) is 26.7. The minimum atomic E-state index is -0.965. The highest BCUT2D eigenvalue weighted by Gasteiger charge is 2.26. The summed E-state index contributed by atoms with van der Waals surface area (Å²) in [6.45, 7) is 7.73. The Morgan fingerprint density at radius 2 is 1.74 bits per heavy atom. The monoisotopic (exact) mass is 523 g/mol. The molecule has 3 N–H and O–H groups in total. The normalized spacial score (nSPS) is 17.7. The Morgan fingerprint density at radius 3 is 2.46 bits per heavy atom. The highest BCUT2D eigenvalue weighted by atomic mass is 19.1. The van der Waals surface area contributed by atoms with Crippen molar-refractivity contribution in [2.45, 2.75) is 46.0 Å². The number of alkyl halides is 1. The van der Waals surface area contributed by atoms with Crippen molar-refractivity contribution in [3.8, 4) is 22.3 Å². The largest absolute Gasteiger partial charge is 0.324 e. The number of amides is 1. The van der Waals surface area contributed by atoms with Gasteiger partial charge in [0.05, 0.1) is 0 Å². The SMILES string of the molecule is Cc1ccc(-c2cc(C(=O)Nc3cc(CN4CC[C@@H](F)[C@H](N)C4)cc(-c4ccc(C)nc4)c3)ncc2C)cc1. The highest BCUT2D eigenvalue weighted by molar-refractivity contribution is 6.04. The Balaban J connectivity index is 1.43. The van der Waals surface area contributed by atoms with Crippen LogP contribution in [-0.4, -0.2) is 46.1 Å². The second kappa shape index (κ2) is 11.4. The molecule has 0 radical (unpaired) electrons. The van der Waals surface area contributed by atoms with Gasteiger partial charge in [-0.05, 0) is 85.3 Å². The van der Waals surface area contributed by atoms with Gasteiger partial charge in [-0.2, -0.15) is 0 Å². The van der Waals surface area contributed by atoms with E-state index in [4.69, 9.17) is 5.73 Å². The lowest BCUT2D eigenvalue weighted by molar-refractivity contribution is 0.102. The van der Waals surface area contributed by atoms with Crippen molar-refractivity contribution in [1.29, 1.82) is 0 Å². The second-order valence-electron chi connectivity index (χ2n) is 10.5. The van der Waals surface area contributed by atoms with Gasteiger partial charge < -0.3 is 11.1 Å². The fourth-order valence-corrected chi connectivity index (χ4v) is 4.97. The molecule has 7 heteroatoms. The van der Waals surface area contributed by atoms with Gasteiger partial charge in [0.25, 0.3) is 5.91 Å². The van der Waals surface area contributed by atoms with Gasteiger partial charge in [0.2, 0.25) is 0 Å². The van der Waals surface area contributed by atoms with E-state index < -0.39 is 12.2 Å². The predicted molar refractivity (Wildman–Crippen MR) is 154 cm³/mol.